The predicted molar refractivity (Wildman–Crippen MR) is 72.3 cm³/mol. The molecular formula is C12H17ClF3N3O. The maximum Gasteiger partial charge on any atom is 0.389 e. The van der Waals surface area contributed by atoms with Crippen LogP contribution in [0.3, 0.4) is 0 Å². The Labute approximate surface area is 119 Å². The summed E-state index contributed by atoms with van der Waals surface area (Å²) in [6.45, 7) is 3.91. The molecule has 0 saturated heterocycles. The van der Waals surface area contributed by atoms with Crippen LogP contribution in [0.1, 0.15) is 39.2 Å². The van der Waals surface area contributed by atoms with E-state index in [1.54, 1.807) is 13.8 Å². The number of anilines is 1. The lowest BCUT2D eigenvalue weighted by molar-refractivity contribution is -0.135. The molecule has 0 bridgehead atoms. The highest BCUT2D eigenvalue weighted by molar-refractivity contribution is 6.32. The molecule has 0 unspecified atom stereocenters. The zero-order valence-electron chi connectivity index (χ0n) is 11.3. The third kappa shape index (κ3) is 5.03. The van der Waals surface area contributed by atoms with E-state index in [0.29, 0.717) is 18.7 Å². The standard InChI is InChI=1S/C12H17ClF3N3O/c1-8(2)19-11(20)10(13)9(7-18-19)17-6-4-3-5-12(14,15)16/h7-8,17H,3-6H2,1-2H3. The van der Waals surface area contributed by atoms with Crippen LogP contribution in [0, 0.1) is 0 Å². The van der Waals surface area contributed by atoms with Crippen molar-refractivity contribution in [1.82, 2.24) is 9.78 Å². The van der Waals surface area contributed by atoms with Crippen molar-refractivity contribution in [2.24, 2.45) is 0 Å². The van der Waals surface area contributed by atoms with Crippen LogP contribution < -0.4 is 10.9 Å². The van der Waals surface area contributed by atoms with Gasteiger partial charge in [-0.1, -0.05) is 11.6 Å². The molecule has 0 amide bonds. The zero-order chi connectivity index (χ0) is 15.3. The number of nitrogens with zero attached hydrogens (tertiary/aromatic N) is 2. The topological polar surface area (TPSA) is 46.9 Å². The van der Waals surface area contributed by atoms with Crippen LogP contribution in [0.15, 0.2) is 11.0 Å². The van der Waals surface area contributed by atoms with Crippen molar-refractivity contribution >= 4 is 17.3 Å². The summed E-state index contributed by atoms with van der Waals surface area (Å²) < 4.78 is 37.1. The van der Waals surface area contributed by atoms with Gasteiger partial charge in [-0.15, -0.1) is 0 Å². The van der Waals surface area contributed by atoms with E-state index in [1.807, 2.05) is 0 Å². The molecule has 1 rings (SSSR count). The quantitative estimate of drug-likeness (QED) is 0.816. The molecule has 0 aliphatic carbocycles. The van der Waals surface area contributed by atoms with Crippen LogP contribution in [0.2, 0.25) is 5.02 Å². The SMILES string of the molecule is CC(C)n1ncc(NCCCCC(F)(F)F)c(Cl)c1=O. The Bertz CT molecular complexity index is 500. The summed E-state index contributed by atoms with van der Waals surface area (Å²) in [5.41, 5.74) is -0.0671. The van der Waals surface area contributed by atoms with Gasteiger partial charge in [-0.2, -0.15) is 18.3 Å². The van der Waals surface area contributed by atoms with Crippen molar-refractivity contribution in [3.05, 3.63) is 21.6 Å². The minimum atomic E-state index is -4.13. The van der Waals surface area contributed by atoms with Crippen LogP contribution >= 0.6 is 11.6 Å². The molecule has 1 heterocycles. The van der Waals surface area contributed by atoms with Crippen LogP contribution in [-0.4, -0.2) is 22.5 Å². The summed E-state index contributed by atoms with van der Waals surface area (Å²) in [6, 6.07) is -0.110. The average molecular weight is 312 g/mol. The molecule has 4 nitrogen and oxygen atoms in total. The van der Waals surface area contributed by atoms with Crippen LogP contribution in [0.4, 0.5) is 18.9 Å². The fourth-order valence-electron chi connectivity index (χ4n) is 1.61. The van der Waals surface area contributed by atoms with Gasteiger partial charge >= 0.3 is 6.18 Å². The lowest BCUT2D eigenvalue weighted by Gasteiger charge is -2.12. The molecule has 0 spiro atoms. The summed E-state index contributed by atoms with van der Waals surface area (Å²) in [5.74, 6) is 0. The lowest BCUT2D eigenvalue weighted by atomic mass is 10.2. The van der Waals surface area contributed by atoms with Crippen LogP contribution in [0.5, 0.6) is 0 Å². The Morgan fingerprint density at radius 3 is 2.60 bits per heavy atom. The number of halogens is 4. The molecule has 0 aromatic carbocycles. The molecule has 1 N–H and O–H groups in total. The Balaban J connectivity index is 2.54. The number of unbranched alkanes of at least 4 members (excludes halogenated alkanes) is 1. The molecule has 0 atom stereocenters. The van der Waals surface area contributed by atoms with Gasteiger partial charge in [0.05, 0.1) is 17.9 Å². The second-order valence-corrected chi connectivity index (χ2v) is 5.09. The van der Waals surface area contributed by atoms with Crippen molar-refractivity contribution in [1.29, 1.82) is 0 Å². The molecule has 0 fully saturated rings. The highest BCUT2D eigenvalue weighted by Crippen LogP contribution is 2.22. The minimum absolute atomic E-state index is 0.00419. The highest BCUT2D eigenvalue weighted by atomic mass is 35.5. The van der Waals surface area contributed by atoms with E-state index >= 15 is 0 Å². The highest BCUT2D eigenvalue weighted by Gasteiger charge is 2.25. The predicted octanol–water partition coefficient (Wildman–Crippen LogP) is 3.62. The van der Waals surface area contributed by atoms with Gasteiger partial charge in [0.1, 0.15) is 5.02 Å². The Hall–Kier alpha value is -1.24. The lowest BCUT2D eigenvalue weighted by Crippen LogP contribution is -2.25. The van der Waals surface area contributed by atoms with E-state index in [1.165, 1.54) is 10.9 Å². The average Bonchev–Trinajstić information content (AvgIpc) is 2.32. The molecule has 1 aromatic heterocycles. The maximum atomic E-state index is 11.9. The first kappa shape index (κ1) is 16.8. The van der Waals surface area contributed by atoms with Gasteiger partial charge in [-0.25, -0.2) is 4.68 Å². The first-order valence-electron chi connectivity index (χ1n) is 6.30. The van der Waals surface area contributed by atoms with E-state index in [9.17, 15) is 18.0 Å². The van der Waals surface area contributed by atoms with E-state index in [0.717, 1.165) is 0 Å². The molecule has 114 valence electrons. The van der Waals surface area contributed by atoms with Crippen molar-refractivity contribution in [3.8, 4) is 0 Å². The monoisotopic (exact) mass is 311 g/mol. The van der Waals surface area contributed by atoms with Gasteiger partial charge in [0.25, 0.3) is 5.56 Å². The Morgan fingerprint density at radius 1 is 1.40 bits per heavy atom. The number of rotatable bonds is 6. The minimum Gasteiger partial charge on any atom is -0.382 e. The van der Waals surface area contributed by atoms with Crippen molar-refractivity contribution in [3.63, 3.8) is 0 Å². The van der Waals surface area contributed by atoms with Crippen molar-refractivity contribution in [2.45, 2.75) is 45.3 Å². The summed E-state index contributed by atoms with van der Waals surface area (Å²) in [4.78, 5) is 11.8. The summed E-state index contributed by atoms with van der Waals surface area (Å²) >= 11 is 5.91. The zero-order valence-corrected chi connectivity index (χ0v) is 12.1. The summed E-state index contributed by atoms with van der Waals surface area (Å²) in [7, 11) is 0. The van der Waals surface area contributed by atoms with Crippen LogP contribution in [-0.2, 0) is 0 Å². The molecule has 1 aromatic rings. The molecule has 0 saturated carbocycles. The van der Waals surface area contributed by atoms with Gasteiger partial charge in [0, 0.05) is 13.0 Å². The first-order chi connectivity index (χ1) is 9.22. The van der Waals surface area contributed by atoms with Crippen molar-refractivity contribution in [2.75, 3.05) is 11.9 Å². The van der Waals surface area contributed by atoms with Gasteiger partial charge in [-0.05, 0) is 26.7 Å². The largest absolute Gasteiger partial charge is 0.389 e. The van der Waals surface area contributed by atoms with Gasteiger partial charge < -0.3 is 5.32 Å². The molecule has 8 heteroatoms. The summed E-state index contributed by atoms with van der Waals surface area (Å²) in [5, 5.41) is 6.79. The fraction of sp³-hybridized carbons (Fsp3) is 0.667. The van der Waals surface area contributed by atoms with E-state index in [2.05, 4.69) is 10.4 Å². The van der Waals surface area contributed by atoms with Gasteiger partial charge in [0.15, 0.2) is 0 Å². The Morgan fingerprint density at radius 2 is 2.05 bits per heavy atom. The van der Waals surface area contributed by atoms with Crippen LogP contribution in [0.25, 0.3) is 0 Å². The first-order valence-corrected chi connectivity index (χ1v) is 6.68. The number of aromatic nitrogens is 2. The second-order valence-electron chi connectivity index (χ2n) is 4.71. The number of hydrogen-bond donors (Lipinski definition) is 1. The maximum absolute atomic E-state index is 11.9. The molecule has 0 aliphatic rings. The number of nitrogens with one attached hydrogen (secondary N) is 1. The summed E-state index contributed by atoms with van der Waals surface area (Å²) in [6.07, 6.45) is -3.16. The Kier molecular flexibility index (Phi) is 5.86. The van der Waals surface area contributed by atoms with E-state index in [4.69, 9.17) is 11.6 Å². The number of hydrogen-bond acceptors (Lipinski definition) is 3. The molecular weight excluding hydrogens is 295 g/mol. The number of alkyl halides is 3. The normalized spacial score (nSPS) is 11.9. The molecule has 20 heavy (non-hydrogen) atoms. The van der Waals surface area contributed by atoms with Gasteiger partial charge in [-0.3, -0.25) is 4.79 Å². The van der Waals surface area contributed by atoms with E-state index < -0.39 is 18.2 Å². The van der Waals surface area contributed by atoms with E-state index in [-0.39, 0.29) is 17.5 Å². The third-order valence-corrected chi connectivity index (χ3v) is 3.00. The third-order valence-electron chi connectivity index (χ3n) is 2.64. The second kappa shape index (κ2) is 6.97. The van der Waals surface area contributed by atoms with Gasteiger partial charge in [0.2, 0.25) is 0 Å². The fourth-order valence-corrected chi connectivity index (χ4v) is 1.81. The molecule has 0 radical (unpaired) electrons. The molecule has 0 aliphatic heterocycles. The smallest absolute Gasteiger partial charge is 0.382 e. The van der Waals surface area contributed by atoms with Crippen molar-refractivity contribution < 1.29 is 13.2 Å².